The molecule has 0 saturated carbocycles. The van der Waals surface area contributed by atoms with Crippen LogP contribution in [0.5, 0.6) is 0 Å². The van der Waals surface area contributed by atoms with Crippen molar-refractivity contribution in [3.8, 4) is 0 Å². The van der Waals surface area contributed by atoms with E-state index in [4.69, 9.17) is 4.74 Å². The minimum atomic E-state index is -0.471. The number of para-hydroxylation sites is 1. The summed E-state index contributed by atoms with van der Waals surface area (Å²) in [7, 11) is 0. The summed E-state index contributed by atoms with van der Waals surface area (Å²) in [5.74, 6) is 0.0646. The summed E-state index contributed by atoms with van der Waals surface area (Å²) in [6, 6.07) is 11.2. The normalized spacial score (nSPS) is 11.4. The number of nitrogens with one attached hydrogen (secondary N) is 1. The average Bonchev–Trinajstić information content (AvgIpc) is 3.10. The molecule has 0 spiro atoms. The van der Waals surface area contributed by atoms with Crippen LogP contribution >= 0.6 is 11.3 Å². The van der Waals surface area contributed by atoms with Crippen LogP contribution in [0.1, 0.15) is 11.8 Å². The predicted molar refractivity (Wildman–Crippen MR) is 90.6 cm³/mol. The maximum Gasteiger partial charge on any atom is 0.360 e. The number of hydrogen-bond acceptors (Lipinski definition) is 7. The molecule has 1 N–H and O–H groups in total. The van der Waals surface area contributed by atoms with Crippen LogP contribution in [0.25, 0.3) is 10.9 Å². The van der Waals surface area contributed by atoms with Gasteiger partial charge in [0.15, 0.2) is 11.5 Å². The van der Waals surface area contributed by atoms with E-state index in [1.807, 2.05) is 41.8 Å². The van der Waals surface area contributed by atoms with Crippen molar-refractivity contribution >= 4 is 39.7 Å². The van der Waals surface area contributed by atoms with E-state index in [1.165, 1.54) is 17.7 Å². The van der Waals surface area contributed by atoms with Crippen LogP contribution in [-0.4, -0.2) is 28.3 Å². The van der Waals surface area contributed by atoms with Crippen molar-refractivity contribution in [3.05, 3.63) is 53.0 Å². The number of rotatable bonds is 5. The molecule has 7 heteroatoms. The Morgan fingerprint density at radius 1 is 1.26 bits per heavy atom. The highest BCUT2D eigenvalue weighted by molar-refractivity contribution is 7.13. The number of anilines is 1. The number of fused-ring (bicyclic) bond motifs is 1. The number of carbonyl (C=O) groups is 1. The molecular formula is C16H14N4O2S. The van der Waals surface area contributed by atoms with Crippen LogP contribution < -0.4 is 5.43 Å². The Hall–Kier alpha value is -2.80. The molecule has 0 bridgehead atoms. The second-order valence-electron chi connectivity index (χ2n) is 4.51. The van der Waals surface area contributed by atoms with Gasteiger partial charge in [-0.1, -0.05) is 18.2 Å². The smallest absolute Gasteiger partial charge is 0.360 e. The lowest BCUT2D eigenvalue weighted by Gasteiger charge is -2.07. The number of nitrogens with zero attached hydrogens (tertiary/aromatic N) is 3. The molecule has 0 atom stereocenters. The zero-order valence-corrected chi connectivity index (χ0v) is 13.2. The first-order valence-corrected chi connectivity index (χ1v) is 7.92. The summed E-state index contributed by atoms with van der Waals surface area (Å²) in [6.45, 7) is 2.05. The highest BCUT2D eigenvalue weighted by Gasteiger charge is 2.17. The maximum absolute atomic E-state index is 12.1. The summed E-state index contributed by atoms with van der Waals surface area (Å²) >= 11 is 1.42. The molecule has 3 aromatic rings. The van der Waals surface area contributed by atoms with E-state index in [1.54, 1.807) is 6.92 Å². The molecule has 2 heterocycles. The summed E-state index contributed by atoms with van der Waals surface area (Å²) in [6.07, 6.45) is 1.45. The number of esters is 1. The van der Waals surface area contributed by atoms with E-state index >= 15 is 0 Å². The predicted octanol–water partition coefficient (Wildman–Crippen LogP) is 3.07. The molecule has 2 aromatic heterocycles. The molecule has 0 amide bonds. The third kappa shape index (κ3) is 3.35. The average molecular weight is 326 g/mol. The van der Waals surface area contributed by atoms with Crippen LogP contribution in [0.3, 0.4) is 0 Å². The van der Waals surface area contributed by atoms with E-state index < -0.39 is 5.97 Å². The fraction of sp³-hybridized carbons (Fsp3) is 0.125. The van der Waals surface area contributed by atoms with Crippen molar-refractivity contribution < 1.29 is 9.53 Å². The maximum atomic E-state index is 12.1. The lowest BCUT2D eigenvalue weighted by atomic mass is 10.2. The van der Waals surface area contributed by atoms with Gasteiger partial charge in [0.25, 0.3) is 0 Å². The van der Waals surface area contributed by atoms with Gasteiger partial charge < -0.3 is 4.74 Å². The Balaban J connectivity index is 1.95. The zero-order chi connectivity index (χ0) is 16.1. The van der Waals surface area contributed by atoms with E-state index in [9.17, 15) is 4.79 Å². The number of hydrogen-bond donors (Lipinski definition) is 1. The lowest BCUT2D eigenvalue weighted by Crippen LogP contribution is -2.19. The van der Waals surface area contributed by atoms with Crippen molar-refractivity contribution in [1.82, 2.24) is 9.97 Å². The van der Waals surface area contributed by atoms with Gasteiger partial charge in [0.2, 0.25) is 0 Å². The van der Waals surface area contributed by atoms with Crippen molar-refractivity contribution in [2.75, 3.05) is 12.0 Å². The second kappa shape index (κ2) is 6.97. The quantitative estimate of drug-likeness (QED) is 0.443. The third-order valence-electron chi connectivity index (χ3n) is 3.04. The van der Waals surface area contributed by atoms with Gasteiger partial charge in [0.05, 0.1) is 17.0 Å². The first-order valence-electron chi connectivity index (χ1n) is 7.04. The Kier molecular flexibility index (Phi) is 4.58. The molecule has 3 rings (SSSR count). The molecule has 0 saturated heterocycles. The van der Waals surface area contributed by atoms with E-state index in [2.05, 4.69) is 20.5 Å². The minimum absolute atomic E-state index is 0.226. The largest absolute Gasteiger partial charge is 0.461 e. The van der Waals surface area contributed by atoms with Gasteiger partial charge >= 0.3 is 5.97 Å². The number of hydrazone groups is 1. The van der Waals surface area contributed by atoms with Crippen LogP contribution in [0, 0.1) is 0 Å². The third-order valence-corrected chi connectivity index (χ3v) is 3.92. The fourth-order valence-corrected chi connectivity index (χ4v) is 2.72. The first kappa shape index (κ1) is 15.1. The minimum Gasteiger partial charge on any atom is -0.461 e. The van der Waals surface area contributed by atoms with Gasteiger partial charge in [-0.3, -0.25) is 5.43 Å². The van der Waals surface area contributed by atoms with E-state index in [0.29, 0.717) is 12.4 Å². The van der Waals surface area contributed by atoms with Crippen LogP contribution in [-0.2, 0) is 9.53 Å². The Morgan fingerprint density at radius 3 is 2.91 bits per heavy atom. The summed E-state index contributed by atoms with van der Waals surface area (Å²) < 4.78 is 5.07. The Bertz CT molecular complexity index is 841. The van der Waals surface area contributed by atoms with Gasteiger partial charge in [-0.2, -0.15) is 5.10 Å². The number of aromatic nitrogens is 2. The Morgan fingerprint density at radius 2 is 2.13 bits per heavy atom. The summed E-state index contributed by atoms with van der Waals surface area (Å²) in [4.78, 5) is 21.2. The molecule has 0 fully saturated rings. The summed E-state index contributed by atoms with van der Waals surface area (Å²) in [5, 5.41) is 6.92. The molecule has 116 valence electrons. The van der Waals surface area contributed by atoms with Gasteiger partial charge in [-0.05, 0) is 30.5 Å². The second-order valence-corrected chi connectivity index (χ2v) is 5.46. The van der Waals surface area contributed by atoms with Crippen molar-refractivity contribution in [3.63, 3.8) is 0 Å². The van der Waals surface area contributed by atoms with E-state index in [0.717, 1.165) is 15.8 Å². The van der Waals surface area contributed by atoms with Crippen molar-refractivity contribution in [2.45, 2.75) is 6.92 Å². The van der Waals surface area contributed by atoms with Gasteiger partial charge in [-0.15, -0.1) is 11.3 Å². The number of benzene rings is 1. The SMILES string of the molecule is CCOC(=O)/C(=N\Nc1ncnc2ccccc12)c1cccs1. The lowest BCUT2D eigenvalue weighted by molar-refractivity contribution is -0.134. The molecule has 6 nitrogen and oxygen atoms in total. The molecule has 0 aliphatic carbocycles. The van der Waals surface area contributed by atoms with Crippen molar-refractivity contribution in [1.29, 1.82) is 0 Å². The van der Waals surface area contributed by atoms with Gasteiger partial charge in [-0.25, -0.2) is 14.8 Å². The van der Waals surface area contributed by atoms with Gasteiger partial charge in [0, 0.05) is 5.39 Å². The van der Waals surface area contributed by atoms with Crippen LogP contribution in [0.4, 0.5) is 5.82 Å². The standard InChI is InChI=1S/C16H14N4O2S/c1-2-22-16(21)14(13-8-5-9-23-13)19-20-15-11-6-3-4-7-12(11)17-10-18-15/h3-10H,2H2,1H3,(H,17,18,20)/b19-14-. The van der Waals surface area contributed by atoms with Crippen LogP contribution in [0.15, 0.2) is 53.2 Å². The highest BCUT2D eigenvalue weighted by atomic mass is 32.1. The van der Waals surface area contributed by atoms with Gasteiger partial charge in [0.1, 0.15) is 6.33 Å². The first-order chi connectivity index (χ1) is 11.3. The number of ether oxygens (including phenoxy) is 1. The molecule has 1 aromatic carbocycles. The molecular weight excluding hydrogens is 312 g/mol. The molecule has 0 radical (unpaired) electrons. The highest BCUT2D eigenvalue weighted by Crippen LogP contribution is 2.19. The summed E-state index contributed by atoms with van der Waals surface area (Å²) in [5.41, 5.74) is 3.88. The molecule has 0 unspecified atom stereocenters. The topological polar surface area (TPSA) is 76.5 Å². The fourth-order valence-electron chi connectivity index (χ4n) is 2.02. The molecule has 0 aliphatic heterocycles. The number of thiophene rings is 1. The van der Waals surface area contributed by atoms with Crippen LogP contribution in [0.2, 0.25) is 0 Å². The molecule has 0 aliphatic rings. The number of carbonyl (C=O) groups excluding carboxylic acids is 1. The van der Waals surface area contributed by atoms with Crippen molar-refractivity contribution in [2.24, 2.45) is 5.10 Å². The van der Waals surface area contributed by atoms with E-state index in [-0.39, 0.29) is 5.71 Å². The molecule has 23 heavy (non-hydrogen) atoms. The monoisotopic (exact) mass is 326 g/mol. The Labute approximate surface area is 136 Å². The zero-order valence-electron chi connectivity index (χ0n) is 12.4.